The van der Waals surface area contributed by atoms with E-state index in [-0.39, 0.29) is 18.6 Å². The van der Waals surface area contributed by atoms with E-state index in [1.807, 2.05) is 13.8 Å². The fourth-order valence-corrected chi connectivity index (χ4v) is 2.06. The third-order valence-electron chi connectivity index (χ3n) is 3.24. The molecule has 3 N–H and O–H groups in total. The summed E-state index contributed by atoms with van der Waals surface area (Å²) in [6.07, 6.45) is 0.273. The van der Waals surface area contributed by atoms with Gasteiger partial charge in [0.25, 0.3) is 0 Å². The third-order valence-corrected chi connectivity index (χ3v) is 3.24. The largest absolute Gasteiger partial charge is 0.396 e. The molecule has 2 rings (SSSR count). The van der Waals surface area contributed by atoms with E-state index in [1.54, 1.807) is 9.58 Å². The Morgan fingerprint density at radius 1 is 1.59 bits per heavy atom. The molecule has 2 heterocycles. The Bertz CT molecular complexity index is 441. The molecule has 1 saturated heterocycles. The summed E-state index contributed by atoms with van der Waals surface area (Å²) in [5.74, 6) is -0.0212. The van der Waals surface area contributed by atoms with Gasteiger partial charge in [-0.25, -0.2) is 0 Å². The lowest BCUT2D eigenvalue weighted by atomic mass is 10.3. The molecule has 6 heteroatoms. The zero-order valence-corrected chi connectivity index (χ0v) is 10.2. The Morgan fingerprint density at radius 2 is 2.29 bits per heavy atom. The van der Waals surface area contributed by atoms with Gasteiger partial charge in [-0.15, -0.1) is 0 Å². The average Bonchev–Trinajstić information content (AvgIpc) is 2.80. The van der Waals surface area contributed by atoms with Crippen molar-refractivity contribution >= 4 is 11.6 Å². The van der Waals surface area contributed by atoms with Gasteiger partial charge < -0.3 is 15.7 Å². The van der Waals surface area contributed by atoms with Gasteiger partial charge in [0.05, 0.1) is 23.2 Å². The van der Waals surface area contributed by atoms with Gasteiger partial charge in [-0.1, -0.05) is 0 Å². The number of aliphatic hydroxyl groups excluding tert-OH is 1. The van der Waals surface area contributed by atoms with Crippen molar-refractivity contribution in [2.24, 2.45) is 0 Å². The highest BCUT2D eigenvalue weighted by molar-refractivity contribution is 5.76. The van der Waals surface area contributed by atoms with E-state index < -0.39 is 0 Å². The molecule has 0 spiro atoms. The lowest BCUT2D eigenvalue weighted by molar-refractivity contribution is -0.131. The van der Waals surface area contributed by atoms with Crippen molar-refractivity contribution in [3.63, 3.8) is 0 Å². The maximum Gasteiger partial charge on any atom is 0.244 e. The number of aromatic nitrogens is 2. The lowest BCUT2D eigenvalue weighted by Crippen LogP contribution is -2.33. The van der Waals surface area contributed by atoms with Crippen LogP contribution in [0.5, 0.6) is 0 Å². The van der Waals surface area contributed by atoms with Crippen molar-refractivity contribution in [3.8, 4) is 0 Å². The number of likely N-dealkylation sites (tertiary alicyclic amines) is 1. The first kappa shape index (κ1) is 11.9. The highest BCUT2D eigenvalue weighted by Gasteiger charge is 2.25. The topological polar surface area (TPSA) is 84.4 Å². The van der Waals surface area contributed by atoms with Crippen LogP contribution in [0.4, 0.5) is 5.69 Å². The molecule has 0 bridgehead atoms. The zero-order chi connectivity index (χ0) is 12.6. The minimum atomic E-state index is -0.385. The van der Waals surface area contributed by atoms with Crippen LogP contribution in [0.2, 0.25) is 0 Å². The third kappa shape index (κ3) is 2.26. The van der Waals surface area contributed by atoms with E-state index in [4.69, 9.17) is 5.73 Å². The molecule has 1 aromatic heterocycles. The number of amides is 1. The second-order valence-electron chi connectivity index (χ2n) is 4.52. The van der Waals surface area contributed by atoms with Crippen LogP contribution in [-0.4, -0.2) is 44.9 Å². The SMILES string of the molecule is Cc1nn(CC(=O)N2CC[C@@H](O)C2)c(C)c1N. The van der Waals surface area contributed by atoms with Gasteiger partial charge in [-0.2, -0.15) is 5.10 Å². The Balaban J connectivity index is 2.05. The molecular weight excluding hydrogens is 220 g/mol. The van der Waals surface area contributed by atoms with Crippen molar-refractivity contribution in [2.75, 3.05) is 18.8 Å². The molecule has 0 unspecified atom stereocenters. The Labute approximate surface area is 100 Å². The summed E-state index contributed by atoms with van der Waals surface area (Å²) in [7, 11) is 0. The minimum Gasteiger partial charge on any atom is -0.396 e. The molecule has 1 fully saturated rings. The van der Waals surface area contributed by atoms with Crippen LogP contribution in [0.25, 0.3) is 0 Å². The normalized spacial score (nSPS) is 19.9. The van der Waals surface area contributed by atoms with Gasteiger partial charge in [-0.05, 0) is 20.3 Å². The summed E-state index contributed by atoms with van der Waals surface area (Å²) >= 11 is 0. The number of anilines is 1. The van der Waals surface area contributed by atoms with Crippen molar-refractivity contribution in [1.82, 2.24) is 14.7 Å². The van der Waals surface area contributed by atoms with Crippen LogP contribution in [-0.2, 0) is 11.3 Å². The molecule has 1 amide bonds. The number of β-amino-alcohol motifs (C(OH)–C–C–N with tert-alkyl or cyclic N) is 1. The second-order valence-corrected chi connectivity index (χ2v) is 4.52. The first-order valence-corrected chi connectivity index (χ1v) is 5.74. The van der Waals surface area contributed by atoms with Crippen LogP contribution in [0.1, 0.15) is 17.8 Å². The van der Waals surface area contributed by atoms with Crippen LogP contribution in [0.15, 0.2) is 0 Å². The number of aliphatic hydroxyl groups is 1. The minimum absolute atomic E-state index is 0.0212. The fraction of sp³-hybridized carbons (Fsp3) is 0.636. The van der Waals surface area contributed by atoms with Crippen molar-refractivity contribution in [2.45, 2.75) is 32.9 Å². The van der Waals surface area contributed by atoms with Gasteiger partial charge in [0.15, 0.2) is 0 Å². The van der Waals surface area contributed by atoms with Crippen molar-refractivity contribution in [1.29, 1.82) is 0 Å². The molecule has 0 aromatic carbocycles. The van der Waals surface area contributed by atoms with Gasteiger partial charge in [0.1, 0.15) is 6.54 Å². The van der Waals surface area contributed by atoms with E-state index in [1.165, 1.54) is 0 Å². The molecule has 0 radical (unpaired) electrons. The maximum atomic E-state index is 11.9. The smallest absolute Gasteiger partial charge is 0.244 e. The van der Waals surface area contributed by atoms with Gasteiger partial charge in [0.2, 0.25) is 5.91 Å². The summed E-state index contributed by atoms with van der Waals surface area (Å²) in [5.41, 5.74) is 8.01. The predicted molar refractivity (Wildman–Crippen MR) is 63.3 cm³/mol. The van der Waals surface area contributed by atoms with Crippen molar-refractivity contribution in [3.05, 3.63) is 11.4 Å². The molecule has 0 aliphatic carbocycles. The van der Waals surface area contributed by atoms with Crippen LogP contribution < -0.4 is 5.73 Å². The first-order chi connectivity index (χ1) is 7.99. The molecule has 1 aromatic rings. The van der Waals surface area contributed by atoms with E-state index in [9.17, 15) is 9.90 Å². The number of nitrogens with zero attached hydrogens (tertiary/aromatic N) is 3. The molecule has 1 aliphatic heterocycles. The highest BCUT2D eigenvalue weighted by atomic mass is 16.3. The molecule has 1 atom stereocenters. The summed E-state index contributed by atoms with van der Waals surface area (Å²) < 4.78 is 1.62. The Hall–Kier alpha value is -1.56. The summed E-state index contributed by atoms with van der Waals surface area (Å²) in [4.78, 5) is 13.6. The highest BCUT2D eigenvalue weighted by Crippen LogP contribution is 2.16. The second kappa shape index (κ2) is 4.37. The molecule has 17 heavy (non-hydrogen) atoms. The number of carbonyl (C=O) groups excluding carboxylic acids is 1. The zero-order valence-electron chi connectivity index (χ0n) is 10.2. The first-order valence-electron chi connectivity index (χ1n) is 5.74. The molecule has 1 aliphatic rings. The Kier molecular flexibility index (Phi) is 3.06. The monoisotopic (exact) mass is 238 g/mol. The van der Waals surface area contributed by atoms with Crippen LogP contribution in [0, 0.1) is 13.8 Å². The summed E-state index contributed by atoms with van der Waals surface area (Å²) in [6, 6.07) is 0. The molecule has 0 saturated carbocycles. The van der Waals surface area contributed by atoms with E-state index >= 15 is 0 Å². The standard InChI is InChI=1S/C11H18N4O2/c1-7-11(12)8(2)15(13-7)6-10(17)14-4-3-9(16)5-14/h9,16H,3-6,12H2,1-2H3/t9-/m1/s1. The number of carbonyl (C=O) groups is 1. The fourth-order valence-electron chi connectivity index (χ4n) is 2.06. The maximum absolute atomic E-state index is 11.9. The number of rotatable bonds is 2. The number of hydrogen-bond donors (Lipinski definition) is 2. The summed E-state index contributed by atoms with van der Waals surface area (Å²) in [6.45, 7) is 4.91. The number of aryl methyl sites for hydroxylation is 1. The number of nitrogen functional groups attached to an aromatic ring is 1. The molecule has 94 valence electrons. The van der Waals surface area contributed by atoms with Gasteiger partial charge in [0, 0.05) is 13.1 Å². The van der Waals surface area contributed by atoms with Gasteiger partial charge >= 0.3 is 0 Å². The van der Waals surface area contributed by atoms with Crippen LogP contribution >= 0.6 is 0 Å². The molecule has 6 nitrogen and oxygen atoms in total. The number of nitrogens with two attached hydrogens (primary N) is 1. The quantitative estimate of drug-likeness (QED) is 0.739. The van der Waals surface area contributed by atoms with Crippen molar-refractivity contribution < 1.29 is 9.90 Å². The van der Waals surface area contributed by atoms with Crippen LogP contribution in [0.3, 0.4) is 0 Å². The summed E-state index contributed by atoms with van der Waals surface area (Å²) in [5, 5.41) is 13.6. The van der Waals surface area contributed by atoms with E-state index in [2.05, 4.69) is 5.10 Å². The molecular formula is C11H18N4O2. The lowest BCUT2D eigenvalue weighted by Gasteiger charge is -2.15. The Morgan fingerprint density at radius 3 is 2.76 bits per heavy atom. The number of hydrogen-bond acceptors (Lipinski definition) is 4. The van der Waals surface area contributed by atoms with Gasteiger partial charge in [-0.3, -0.25) is 9.48 Å². The predicted octanol–water partition coefficient (Wildman–Crippen LogP) is -0.325. The van der Waals surface area contributed by atoms with E-state index in [0.717, 1.165) is 11.4 Å². The van der Waals surface area contributed by atoms with E-state index in [0.29, 0.717) is 25.2 Å². The average molecular weight is 238 g/mol.